The molecule has 0 radical (unpaired) electrons. The van der Waals surface area contributed by atoms with Gasteiger partial charge < -0.3 is 14.6 Å². The van der Waals surface area contributed by atoms with Gasteiger partial charge in [-0.1, -0.05) is 24.3 Å². The van der Waals surface area contributed by atoms with Gasteiger partial charge >= 0.3 is 0 Å². The van der Waals surface area contributed by atoms with Crippen LogP contribution in [0.3, 0.4) is 0 Å². The lowest BCUT2D eigenvalue weighted by atomic mass is 10.0. The lowest BCUT2D eigenvalue weighted by Crippen LogP contribution is -2.05. The summed E-state index contributed by atoms with van der Waals surface area (Å²) in [4.78, 5) is 34.9. The maximum Gasteiger partial charge on any atom is 0.220 e. The summed E-state index contributed by atoms with van der Waals surface area (Å²) in [5.74, 6) is -0.386. The summed E-state index contributed by atoms with van der Waals surface area (Å²) in [5, 5.41) is 9.92. The van der Waals surface area contributed by atoms with Gasteiger partial charge in [-0.15, -0.1) is 0 Å². The number of rotatable bonds is 7. The number of hydrogen-bond acceptors (Lipinski definition) is 6. The minimum Gasteiger partial charge on any atom is -0.512 e. The Morgan fingerprint density at radius 1 is 0.889 bits per heavy atom. The largest absolute Gasteiger partial charge is 0.512 e. The van der Waals surface area contributed by atoms with E-state index >= 15 is 0 Å². The second-order valence-corrected chi connectivity index (χ2v) is 5.74. The zero-order chi connectivity index (χ0) is 19.8. The predicted octanol–water partition coefficient (Wildman–Crippen LogP) is 2.97. The molecule has 0 heterocycles. The smallest absolute Gasteiger partial charge is 0.220 e. The van der Waals surface area contributed by atoms with Crippen molar-refractivity contribution < 1.29 is 29.0 Å². The first-order chi connectivity index (χ1) is 12.9. The van der Waals surface area contributed by atoms with Crippen LogP contribution in [0.25, 0.3) is 0 Å². The predicted molar refractivity (Wildman–Crippen MR) is 99.6 cm³/mol. The van der Waals surface area contributed by atoms with Gasteiger partial charge in [0.2, 0.25) is 11.6 Å². The number of allylic oxidation sites excluding steroid dienone is 11. The zero-order valence-electron chi connectivity index (χ0n) is 15.1. The van der Waals surface area contributed by atoms with E-state index in [4.69, 9.17) is 9.47 Å². The van der Waals surface area contributed by atoms with E-state index in [0.29, 0.717) is 11.1 Å². The fourth-order valence-electron chi connectivity index (χ4n) is 2.37. The molecule has 0 aliphatic heterocycles. The summed E-state index contributed by atoms with van der Waals surface area (Å²) in [7, 11) is 2.82. The number of ketones is 3. The van der Waals surface area contributed by atoms with Crippen molar-refractivity contribution in [3.05, 3.63) is 83.1 Å². The van der Waals surface area contributed by atoms with E-state index < -0.39 is 0 Å². The first-order valence-electron chi connectivity index (χ1n) is 8.22. The Balaban J connectivity index is 1.95. The number of ether oxygens (including phenoxy) is 2. The third kappa shape index (κ3) is 5.81. The molecule has 2 rings (SSSR count). The van der Waals surface area contributed by atoms with Gasteiger partial charge in [-0.3, -0.25) is 14.4 Å². The molecule has 6 nitrogen and oxygen atoms in total. The summed E-state index contributed by atoms with van der Waals surface area (Å²) in [6.45, 7) is 0. The fourth-order valence-corrected chi connectivity index (χ4v) is 2.37. The molecule has 0 spiro atoms. The standard InChI is InChI=1S/C21H20O6/c1-26-20-11-14(5-9-18(20)24)3-7-16(22)13-17(23)8-4-15-6-10-19(25)21(12-15)27-2/h3-6,9-13,22H,7-8H2,1-2H3. The molecule has 0 aromatic rings. The van der Waals surface area contributed by atoms with Crippen LogP contribution in [0.5, 0.6) is 0 Å². The Kier molecular flexibility index (Phi) is 6.88. The van der Waals surface area contributed by atoms with Gasteiger partial charge in [0.1, 0.15) is 0 Å². The van der Waals surface area contributed by atoms with Gasteiger partial charge in [-0.2, -0.15) is 0 Å². The molecule has 0 bridgehead atoms. The van der Waals surface area contributed by atoms with Gasteiger partial charge in [0, 0.05) is 18.9 Å². The average Bonchev–Trinajstić information content (AvgIpc) is 2.66. The van der Waals surface area contributed by atoms with Crippen LogP contribution in [0.4, 0.5) is 0 Å². The Hall–Kier alpha value is -3.41. The van der Waals surface area contributed by atoms with Crippen LogP contribution in [0.1, 0.15) is 12.8 Å². The van der Waals surface area contributed by atoms with Crippen molar-refractivity contribution in [3.63, 3.8) is 0 Å². The van der Waals surface area contributed by atoms with Gasteiger partial charge in [-0.05, 0) is 35.5 Å². The number of methoxy groups -OCH3 is 2. The van der Waals surface area contributed by atoms with Crippen molar-refractivity contribution in [1.82, 2.24) is 0 Å². The van der Waals surface area contributed by atoms with E-state index in [9.17, 15) is 19.5 Å². The van der Waals surface area contributed by atoms with Gasteiger partial charge in [0.05, 0.1) is 20.0 Å². The summed E-state index contributed by atoms with van der Waals surface area (Å²) in [5.41, 5.74) is 1.39. The fraction of sp³-hybridized carbons (Fsp3) is 0.190. The second kappa shape index (κ2) is 9.33. The van der Waals surface area contributed by atoms with Crippen molar-refractivity contribution >= 4 is 17.3 Å². The minimum absolute atomic E-state index is 0.0735. The molecule has 1 N–H and O–H groups in total. The van der Waals surface area contributed by atoms with E-state index in [1.165, 1.54) is 26.4 Å². The Morgan fingerprint density at radius 2 is 1.37 bits per heavy atom. The first-order valence-corrected chi connectivity index (χ1v) is 8.22. The molecule has 0 aromatic carbocycles. The molecule has 2 aliphatic rings. The number of aliphatic hydroxyl groups is 1. The second-order valence-electron chi connectivity index (χ2n) is 5.74. The van der Waals surface area contributed by atoms with Crippen LogP contribution in [-0.4, -0.2) is 36.7 Å². The molecule has 0 aromatic heterocycles. The third-order valence-corrected chi connectivity index (χ3v) is 3.79. The Bertz CT molecular complexity index is 859. The Labute approximate surface area is 157 Å². The number of carbonyl (C=O) groups excluding carboxylic acids is 3. The van der Waals surface area contributed by atoms with Gasteiger partial charge in [0.25, 0.3) is 0 Å². The molecular weight excluding hydrogens is 348 g/mol. The van der Waals surface area contributed by atoms with Crippen LogP contribution in [0.2, 0.25) is 0 Å². The summed E-state index contributed by atoms with van der Waals surface area (Å²) in [6.07, 6.45) is 13.8. The highest BCUT2D eigenvalue weighted by atomic mass is 16.5. The molecule has 0 unspecified atom stereocenters. The SMILES string of the molecule is COC1=CC(=CCC(=O)C=C(O)CC=C2C=CC(=O)C(OC)=C2)C=CC1=O. The molecule has 2 aliphatic carbocycles. The number of carbonyl (C=O) groups is 3. The number of hydrogen-bond donors (Lipinski definition) is 1. The molecule has 0 fully saturated rings. The lowest BCUT2D eigenvalue weighted by molar-refractivity contribution is -0.114. The van der Waals surface area contributed by atoms with Crippen molar-refractivity contribution in [2.75, 3.05) is 14.2 Å². The molecule has 140 valence electrons. The highest BCUT2D eigenvalue weighted by Gasteiger charge is 2.12. The zero-order valence-corrected chi connectivity index (χ0v) is 15.1. The van der Waals surface area contributed by atoms with Crippen LogP contribution in [-0.2, 0) is 23.9 Å². The van der Waals surface area contributed by atoms with E-state index in [-0.39, 0.29) is 47.5 Å². The molecule has 0 amide bonds. The minimum atomic E-state index is -0.279. The van der Waals surface area contributed by atoms with Crippen LogP contribution in [0.15, 0.2) is 83.1 Å². The lowest BCUT2D eigenvalue weighted by Gasteiger charge is -2.07. The van der Waals surface area contributed by atoms with E-state index in [0.717, 1.165) is 6.08 Å². The van der Waals surface area contributed by atoms with Gasteiger partial charge in [-0.25, -0.2) is 0 Å². The summed E-state index contributed by atoms with van der Waals surface area (Å²) < 4.78 is 9.91. The van der Waals surface area contributed by atoms with Crippen LogP contribution >= 0.6 is 0 Å². The molecule has 0 atom stereocenters. The number of aliphatic hydroxyl groups excluding tert-OH is 1. The molecule has 27 heavy (non-hydrogen) atoms. The van der Waals surface area contributed by atoms with E-state index in [1.807, 2.05) is 0 Å². The third-order valence-electron chi connectivity index (χ3n) is 3.79. The molecule has 0 saturated carbocycles. The molecule has 6 heteroatoms. The van der Waals surface area contributed by atoms with Crippen LogP contribution < -0.4 is 0 Å². The maximum atomic E-state index is 12.0. The highest BCUT2D eigenvalue weighted by Crippen LogP contribution is 2.16. The topological polar surface area (TPSA) is 89.9 Å². The van der Waals surface area contributed by atoms with Crippen molar-refractivity contribution in [3.8, 4) is 0 Å². The summed E-state index contributed by atoms with van der Waals surface area (Å²) in [6, 6.07) is 0. The van der Waals surface area contributed by atoms with Crippen LogP contribution in [0, 0.1) is 0 Å². The van der Waals surface area contributed by atoms with E-state index in [2.05, 4.69) is 0 Å². The van der Waals surface area contributed by atoms with Gasteiger partial charge in [0.15, 0.2) is 17.3 Å². The average molecular weight is 368 g/mol. The molecular formula is C21H20O6. The van der Waals surface area contributed by atoms with Crippen molar-refractivity contribution in [1.29, 1.82) is 0 Å². The molecule has 0 saturated heterocycles. The maximum absolute atomic E-state index is 12.0. The summed E-state index contributed by atoms with van der Waals surface area (Å²) >= 11 is 0. The van der Waals surface area contributed by atoms with E-state index in [1.54, 1.807) is 36.5 Å². The first kappa shape index (κ1) is 19.9. The van der Waals surface area contributed by atoms with Crippen molar-refractivity contribution in [2.24, 2.45) is 0 Å². The van der Waals surface area contributed by atoms with Crippen molar-refractivity contribution in [2.45, 2.75) is 12.8 Å². The Morgan fingerprint density at radius 3 is 1.85 bits per heavy atom. The normalized spacial score (nSPS) is 20.0. The quantitative estimate of drug-likeness (QED) is 0.549. The highest BCUT2D eigenvalue weighted by molar-refractivity contribution is 6.05. The monoisotopic (exact) mass is 368 g/mol.